The Bertz CT molecular complexity index is 1130. The summed E-state index contributed by atoms with van der Waals surface area (Å²) in [5, 5.41) is 5.67. The molecule has 0 unspecified atom stereocenters. The normalized spacial score (nSPS) is 11.0. The molecule has 0 atom stereocenters. The van der Waals surface area contributed by atoms with E-state index in [4.69, 9.17) is 4.74 Å². The van der Waals surface area contributed by atoms with Crippen molar-refractivity contribution in [3.8, 4) is 16.9 Å². The number of fused-ring (bicyclic) bond motifs is 1. The molecule has 0 aliphatic heterocycles. The number of aryl methyl sites for hydroxylation is 1. The summed E-state index contributed by atoms with van der Waals surface area (Å²) >= 11 is 1.47. The van der Waals surface area contributed by atoms with Gasteiger partial charge in [-0.25, -0.2) is 18.7 Å². The van der Waals surface area contributed by atoms with Crippen LogP contribution >= 0.6 is 11.3 Å². The molecule has 0 saturated carbocycles. The van der Waals surface area contributed by atoms with Gasteiger partial charge in [-0.2, -0.15) is 0 Å². The number of methoxy groups -OCH3 is 1. The molecule has 0 aliphatic carbocycles. The minimum atomic E-state index is -0.554. The highest BCUT2D eigenvalue weighted by atomic mass is 32.1. The molecule has 0 aliphatic rings. The van der Waals surface area contributed by atoms with E-state index in [9.17, 15) is 8.78 Å². The highest BCUT2D eigenvalue weighted by Gasteiger charge is 2.16. The molecule has 0 amide bonds. The number of benzene rings is 2. The Kier molecular flexibility index (Phi) is 4.45. The van der Waals surface area contributed by atoms with Crippen molar-refractivity contribution in [2.75, 3.05) is 12.4 Å². The minimum Gasteiger partial charge on any atom is -0.497 e. The van der Waals surface area contributed by atoms with Gasteiger partial charge in [0.15, 0.2) is 0 Å². The number of halogens is 2. The van der Waals surface area contributed by atoms with Gasteiger partial charge in [-0.15, -0.1) is 11.3 Å². The fourth-order valence-electron chi connectivity index (χ4n) is 2.84. The predicted octanol–water partition coefficient (Wildman–Crippen LogP) is 5.70. The molecule has 0 saturated heterocycles. The van der Waals surface area contributed by atoms with Crippen LogP contribution in [0.1, 0.15) is 5.82 Å². The largest absolute Gasteiger partial charge is 0.497 e. The molecule has 2 aromatic heterocycles. The average molecular weight is 383 g/mol. The average Bonchev–Trinajstić information content (AvgIpc) is 3.08. The van der Waals surface area contributed by atoms with Crippen LogP contribution in [0.3, 0.4) is 0 Å². The van der Waals surface area contributed by atoms with E-state index < -0.39 is 11.6 Å². The number of anilines is 2. The van der Waals surface area contributed by atoms with Crippen molar-refractivity contribution in [2.24, 2.45) is 0 Å². The number of thiophene rings is 1. The molecule has 4 nitrogen and oxygen atoms in total. The standard InChI is InChI=1S/C20H15F2N3OS/c1-11-23-19(25-17-9-13(21)5-8-16(17)22)18-15(10-27-20(18)24-11)12-3-6-14(26-2)7-4-12/h3-10H,1-2H3,(H,23,24,25). The first-order valence-electron chi connectivity index (χ1n) is 8.17. The lowest BCUT2D eigenvalue weighted by molar-refractivity contribution is 0.415. The van der Waals surface area contributed by atoms with Crippen LogP contribution in [-0.4, -0.2) is 17.1 Å². The van der Waals surface area contributed by atoms with Crippen molar-refractivity contribution in [3.05, 3.63) is 65.3 Å². The van der Waals surface area contributed by atoms with Crippen molar-refractivity contribution in [3.63, 3.8) is 0 Å². The van der Waals surface area contributed by atoms with Crippen LogP contribution < -0.4 is 10.1 Å². The molecule has 1 N–H and O–H groups in total. The number of nitrogens with one attached hydrogen (secondary N) is 1. The Morgan fingerprint density at radius 1 is 1.04 bits per heavy atom. The molecule has 4 aromatic rings. The van der Waals surface area contributed by atoms with Crippen LogP contribution in [0.5, 0.6) is 5.75 Å². The molecule has 7 heteroatoms. The molecule has 27 heavy (non-hydrogen) atoms. The predicted molar refractivity (Wildman–Crippen MR) is 104 cm³/mol. The Morgan fingerprint density at radius 3 is 2.56 bits per heavy atom. The van der Waals surface area contributed by atoms with E-state index in [0.717, 1.165) is 45.3 Å². The van der Waals surface area contributed by atoms with Crippen LogP contribution in [0.4, 0.5) is 20.3 Å². The first-order chi connectivity index (χ1) is 13.0. The monoisotopic (exact) mass is 383 g/mol. The molecule has 0 fully saturated rings. The molecule has 0 radical (unpaired) electrons. The number of hydrogen-bond acceptors (Lipinski definition) is 5. The maximum absolute atomic E-state index is 14.1. The second-order valence-electron chi connectivity index (χ2n) is 5.93. The summed E-state index contributed by atoms with van der Waals surface area (Å²) in [6.07, 6.45) is 0. The van der Waals surface area contributed by atoms with Gasteiger partial charge in [-0.3, -0.25) is 0 Å². The minimum absolute atomic E-state index is 0.0290. The van der Waals surface area contributed by atoms with E-state index in [1.165, 1.54) is 11.3 Å². The Hall–Kier alpha value is -3.06. The second-order valence-corrected chi connectivity index (χ2v) is 6.78. The lowest BCUT2D eigenvalue weighted by Gasteiger charge is -2.11. The Labute approximate surface area is 158 Å². The van der Waals surface area contributed by atoms with Gasteiger partial charge in [0.25, 0.3) is 0 Å². The fraction of sp³-hybridized carbons (Fsp3) is 0.100. The lowest BCUT2D eigenvalue weighted by Crippen LogP contribution is -2.00. The van der Waals surface area contributed by atoms with Crippen LogP contribution in [-0.2, 0) is 0 Å². The molecular weight excluding hydrogens is 368 g/mol. The fourth-order valence-corrected chi connectivity index (χ4v) is 3.84. The summed E-state index contributed by atoms with van der Waals surface area (Å²) in [6, 6.07) is 10.9. The molecule has 0 bridgehead atoms. The molecule has 2 aromatic carbocycles. The summed E-state index contributed by atoms with van der Waals surface area (Å²) in [5.74, 6) is 0.660. The van der Waals surface area contributed by atoms with Crippen LogP contribution in [0.15, 0.2) is 47.8 Å². The maximum atomic E-state index is 14.1. The number of rotatable bonds is 4. The van der Waals surface area contributed by atoms with Gasteiger partial charge in [-0.1, -0.05) is 12.1 Å². The molecule has 136 valence electrons. The van der Waals surface area contributed by atoms with E-state index in [2.05, 4.69) is 15.3 Å². The number of aromatic nitrogens is 2. The molecule has 0 spiro atoms. The highest BCUT2D eigenvalue weighted by Crippen LogP contribution is 2.38. The Balaban J connectivity index is 1.86. The third kappa shape index (κ3) is 3.33. The van der Waals surface area contributed by atoms with Gasteiger partial charge in [-0.05, 0) is 36.8 Å². The zero-order valence-electron chi connectivity index (χ0n) is 14.6. The topological polar surface area (TPSA) is 47.0 Å². The van der Waals surface area contributed by atoms with Crippen molar-refractivity contribution >= 4 is 33.1 Å². The molecule has 4 rings (SSSR count). The quantitative estimate of drug-likeness (QED) is 0.491. The number of ether oxygens (including phenoxy) is 1. The smallest absolute Gasteiger partial charge is 0.146 e. The maximum Gasteiger partial charge on any atom is 0.146 e. The zero-order chi connectivity index (χ0) is 19.0. The first-order valence-corrected chi connectivity index (χ1v) is 9.05. The van der Waals surface area contributed by atoms with Gasteiger partial charge >= 0.3 is 0 Å². The number of hydrogen-bond donors (Lipinski definition) is 1. The lowest BCUT2D eigenvalue weighted by atomic mass is 10.1. The van der Waals surface area contributed by atoms with Gasteiger partial charge in [0.1, 0.15) is 33.9 Å². The summed E-state index contributed by atoms with van der Waals surface area (Å²) in [4.78, 5) is 9.67. The Morgan fingerprint density at radius 2 is 1.81 bits per heavy atom. The van der Waals surface area contributed by atoms with Crippen molar-refractivity contribution in [2.45, 2.75) is 6.92 Å². The summed E-state index contributed by atoms with van der Waals surface area (Å²) in [5.41, 5.74) is 1.90. The third-order valence-electron chi connectivity index (χ3n) is 4.13. The van der Waals surface area contributed by atoms with E-state index in [-0.39, 0.29) is 5.69 Å². The van der Waals surface area contributed by atoms with E-state index in [0.29, 0.717) is 11.6 Å². The van der Waals surface area contributed by atoms with Crippen molar-refractivity contribution < 1.29 is 13.5 Å². The van der Waals surface area contributed by atoms with Gasteiger partial charge < -0.3 is 10.1 Å². The highest BCUT2D eigenvalue weighted by molar-refractivity contribution is 7.17. The van der Waals surface area contributed by atoms with E-state index in [1.807, 2.05) is 29.6 Å². The SMILES string of the molecule is COc1ccc(-c2csc3nc(C)nc(Nc4cc(F)ccc4F)c23)cc1. The van der Waals surface area contributed by atoms with Crippen LogP contribution in [0.25, 0.3) is 21.3 Å². The third-order valence-corrected chi connectivity index (χ3v) is 5.00. The molecular formula is C20H15F2N3OS. The van der Waals surface area contributed by atoms with Gasteiger partial charge in [0, 0.05) is 17.0 Å². The first kappa shape index (κ1) is 17.4. The van der Waals surface area contributed by atoms with Crippen LogP contribution in [0, 0.1) is 18.6 Å². The van der Waals surface area contributed by atoms with Gasteiger partial charge in [0.2, 0.25) is 0 Å². The van der Waals surface area contributed by atoms with Gasteiger partial charge in [0.05, 0.1) is 18.2 Å². The van der Waals surface area contributed by atoms with Crippen molar-refractivity contribution in [1.29, 1.82) is 0 Å². The summed E-state index contributed by atoms with van der Waals surface area (Å²) in [6.45, 7) is 1.76. The van der Waals surface area contributed by atoms with E-state index >= 15 is 0 Å². The number of nitrogens with zero attached hydrogens (tertiary/aromatic N) is 2. The summed E-state index contributed by atoms with van der Waals surface area (Å²) in [7, 11) is 1.61. The molecule has 2 heterocycles. The van der Waals surface area contributed by atoms with Crippen molar-refractivity contribution in [1.82, 2.24) is 9.97 Å². The second kappa shape index (κ2) is 6.92. The summed E-state index contributed by atoms with van der Waals surface area (Å²) < 4.78 is 32.9. The zero-order valence-corrected chi connectivity index (χ0v) is 15.4. The van der Waals surface area contributed by atoms with Crippen LogP contribution in [0.2, 0.25) is 0 Å². The van der Waals surface area contributed by atoms with E-state index in [1.54, 1.807) is 14.0 Å².